The molecule has 2 aromatic rings. The van der Waals surface area contributed by atoms with Gasteiger partial charge in [-0.3, -0.25) is 0 Å². The average molecular weight is 327 g/mol. The Morgan fingerprint density at radius 2 is 2.05 bits per heavy atom. The summed E-state index contributed by atoms with van der Waals surface area (Å²) in [4.78, 5) is 18.5. The number of carbonyl (C=O) groups is 1. The van der Waals surface area contributed by atoms with Crippen LogP contribution in [0.5, 0.6) is 11.8 Å². The SMILES string of the molecule is Cc1cc(C(=O)O)nc(Oc2cc(F)cc(Br)c2)n1. The molecular formula is C12H8BrFN2O3. The Morgan fingerprint density at radius 3 is 2.68 bits per heavy atom. The Labute approximate surface area is 116 Å². The normalized spacial score (nSPS) is 10.3. The van der Waals surface area contributed by atoms with Crippen LogP contribution in [0, 0.1) is 12.7 Å². The van der Waals surface area contributed by atoms with Crippen LogP contribution in [0.25, 0.3) is 0 Å². The van der Waals surface area contributed by atoms with Crippen LogP contribution in [-0.4, -0.2) is 21.0 Å². The summed E-state index contributed by atoms with van der Waals surface area (Å²) < 4.78 is 18.9. The van der Waals surface area contributed by atoms with Crippen molar-refractivity contribution in [2.45, 2.75) is 6.92 Å². The summed E-state index contributed by atoms with van der Waals surface area (Å²) >= 11 is 3.12. The molecule has 5 nitrogen and oxygen atoms in total. The van der Waals surface area contributed by atoms with Gasteiger partial charge in [-0.2, -0.15) is 4.98 Å². The molecule has 98 valence electrons. The summed E-state index contributed by atoms with van der Waals surface area (Å²) in [6.45, 7) is 1.61. The van der Waals surface area contributed by atoms with E-state index in [0.717, 1.165) is 6.07 Å². The minimum atomic E-state index is -1.18. The number of hydrogen-bond acceptors (Lipinski definition) is 4. The molecule has 1 aromatic carbocycles. The van der Waals surface area contributed by atoms with Gasteiger partial charge in [-0.15, -0.1) is 0 Å². The van der Waals surface area contributed by atoms with E-state index < -0.39 is 11.8 Å². The van der Waals surface area contributed by atoms with Crippen molar-refractivity contribution in [1.29, 1.82) is 0 Å². The second kappa shape index (κ2) is 5.31. The molecule has 0 amide bonds. The molecule has 0 bridgehead atoms. The quantitative estimate of drug-likeness (QED) is 0.937. The molecule has 1 heterocycles. The van der Waals surface area contributed by atoms with Crippen molar-refractivity contribution < 1.29 is 19.0 Å². The molecule has 0 aliphatic carbocycles. The van der Waals surface area contributed by atoms with Crippen molar-refractivity contribution in [3.8, 4) is 11.8 Å². The van der Waals surface area contributed by atoms with Crippen molar-refractivity contribution in [1.82, 2.24) is 9.97 Å². The van der Waals surface area contributed by atoms with Gasteiger partial charge in [0.25, 0.3) is 0 Å². The van der Waals surface area contributed by atoms with Crippen molar-refractivity contribution >= 4 is 21.9 Å². The van der Waals surface area contributed by atoms with Crippen LogP contribution in [-0.2, 0) is 0 Å². The van der Waals surface area contributed by atoms with Crippen LogP contribution < -0.4 is 4.74 Å². The zero-order valence-electron chi connectivity index (χ0n) is 9.72. The third kappa shape index (κ3) is 3.47. The molecule has 0 aliphatic heterocycles. The fraction of sp³-hybridized carbons (Fsp3) is 0.0833. The molecule has 19 heavy (non-hydrogen) atoms. The number of rotatable bonds is 3. The van der Waals surface area contributed by atoms with E-state index in [1.165, 1.54) is 18.2 Å². The molecule has 0 radical (unpaired) electrons. The molecule has 7 heteroatoms. The zero-order valence-corrected chi connectivity index (χ0v) is 11.3. The fourth-order valence-electron chi connectivity index (χ4n) is 1.39. The summed E-state index contributed by atoms with van der Waals surface area (Å²) in [5, 5.41) is 8.87. The van der Waals surface area contributed by atoms with E-state index >= 15 is 0 Å². The largest absolute Gasteiger partial charge is 0.477 e. The molecule has 2 rings (SSSR count). The highest BCUT2D eigenvalue weighted by molar-refractivity contribution is 9.10. The van der Waals surface area contributed by atoms with Gasteiger partial charge in [-0.1, -0.05) is 15.9 Å². The van der Waals surface area contributed by atoms with E-state index in [2.05, 4.69) is 25.9 Å². The molecular weight excluding hydrogens is 319 g/mol. The molecule has 1 aromatic heterocycles. The van der Waals surface area contributed by atoms with Crippen molar-refractivity contribution in [2.75, 3.05) is 0 Å². The van der Waals surface area contributed by atoms with E-state index in [9.17, 15) is 9.18 Å². The second-order valence-corrected chi connectivity index (χ2v) is 4.61. The van der Waals surface area contributed by atoms with E-state index in [0.29, 0.717) is 10.2 Å². The monoisotopic (exact) mass is 326 g/mol. The summed E-state index contributed by atoms with van der Waals surface area (Å²) in [7, 11) is 0. The Kier molecular flexibility index (Phi) is 3.75. The number of carboxylic acids is 1. The summed E-state index contributed by atoms with van der Waals surface area (Å²) in [5.74, 6) is -1.50. The fourth-order valence-corrected chi connectivity index (χ4v) is 1.83. The van der Waals surface area contributed by atoms with Crippen LogP contribution in [0.15, 0.2) is 28.7 Å². The molecule has 0 aliphatic rings. The lowest BCUT2D eigenvalue weighted by molar-refractivity contribution is 0.0689. The number of carboxylic acid groups (broad SMARTS) is 1. The maximum atomic E-state index is 13.2. The Morgan fingerprint density at radius 1 is 1.32 bits per heavy atom. The molecule has 0 fully saturated rings. The summed E-state index contributed by atoms with van der Waals surface area (Å²) in [6.07, 6.45) is 0. The average Bonchev–Trinajstić information content (AvgIpc) is 2.26. The van der Waals surface area contributed by atoms with E-state index in [1.807, 2.05) is 0 Å². The third-order valence-electron chi connectivity index (χ3n) is 2.10. The number of nitrogens with zero attached hydrogens (tertiary/aromatic N) is 2. The number of benzene rings is 1. The molecule has 0 saturated heterocycles. The number of aromatic nitrogens is 2. The topological polar surface area (TPSA) is 72.3 Å². The van der Waals surface area contributed by atoms with E-state index in [-0.39, 0.29) is 17.5 Å². The van der Waals surface area contributed by atoms with Crippen LogP contribution in [0.2, 0.25) is 0 Å². The minimum absolute atomic E-state index is 0.144. The molecule has 0 atom stereocenters. The highest BCUT2D eigenvalue weighted by Gasteiger charge is 2.11. The van der Waals surface area contributed by atoms with Crippen molar-refractivity contribution in [3.63, 3.8) is 0 Å². The third-order valence-corrected chi connectivity index (χ3v) is 2.56. The number of ether oxygens (including phenoxy) is 1. The van der Waals surface area contributed by atoms with Gasteiger partial charge in [0.2, 0.25) is 0 Å². The van der Waals surface area contributed by atoms with Crippen LogP contribution in [0.1, 0.15) is 16.2 Å². The number of aromatic carboxylic acids is 1. The number of halogens is 2. The Bertz CT molecular complexity index is 629. The molecule has 0 saturated carbocycles. The van der Waals surface area contributed by atoms with Crippen LogP contribution in [0.3, 0.4) is 0 Å². The van der Waals surface area contributed by atoms with Gasteiger partial charge < -0.3 is 9.84 Å². The van der Waals surface area contributed by atoms with Crippen molar-refractivity contribution in [2.24, 2.45) is 0 Å². The van der Waals surface area contributed by atoms with Crippen molar-refractivity contribution in [3.05, 3.63) is 45.9 Å². The first-order chi connectivity index (χ1) is 8.94. The lowest BCUT2D eigenvalue weighted by atomic mass is 10.3. The lowest BCUT2D eigenvalue weighted by Gasteiger charge is -2.06. The van der Waals surface area contributed by atoms with Gasteiger partial charge in [0.15, 0.2) is 5.69 Å². The maximum Gasteiger partial charge on any atom is 0.354 e. The van der Waals surface area contributed by atoms with Gasteiger partial charge >= 0.3 is 12.0 Å². The van der Waals surface area contributed by atoms with Gasteiger partial charge in [-0.25, -0.2) is 14.2 Å². The van der Waals surface area contributed by atoms with E-state index in [1.54, 1.807) is 6.92 Å². The van der Waals surface area contributed by atoms with Gasteiger partial charge in [0.1, 0.15) is 11.6 Å². The van der Waals surface area contributed by atoms with Crippen LogP contribution in [0.4, 0.5) is 4.39 Å². The Hall–Kier alpha value is -2.02. The predicted octanol–water partition coefficient (Wildman–Crippen LogP) is 3.18. The van der Waals surface area contributed by atoms with Gasteiger partial charge in [0.05, 0.1) is 0 Å². The van der Waals surface area contributed by atoms with E-state index in [4.69, 9.17) is 9.84 Å². The molecule has 1 N–H and O–H groups in total. The van der Waals surface area contributed by atoms with Gasteiger partial charge in [-0.05, 0) is 25.1 Å². The maximum absolute atomic E-state index is 13.2. The molecule has 0 unspecified atom stereocenters. The zero-order chi connectivity index (χ0) is 14.0. The standard InChI is InChI=1S/C12H8BrFN2O3/c1-6-2-10(11(17)18)16-12(15-6)19-9-4-7(13)3-8(14)5-9/h2-5H,1H3,(H,17,18). The lowest BCUT2D eigenvalue weighted by Crippen LogP contribution is -2.04. The first-order valence-corrected chi connectivity index (χ1v) is 5.96. The summed E-state index contributed by atoms with van der Waals surface area (Å²) in [5.41, 5.74) is 0.260. The predicted molar refractivity (Wildman–Crippen MR) is 67.9 cm³/mol. The first kappa shape index (κ1) is 13.4. The summed E-state index contributed by atoms with van der Waals surface area (Å²) in [6, 6.07) is 5.12. The van der Waals surface area contributed by atoms with Crippen LogP contribution >= 0.6 is 15.9 Å². The second-order valence-electron chi connectivity index (χ2n) is 3.69. The Balaban J connectivity index is 2.35. The number of aryl methyl sites for hydroxylation is 1. The first-order valence-electron chi connectivity index (χ1n) is 5.17. The highest BCUT2D eigenvalue weighted by Crippen LogP contribution is 2.24. The van der Waals surface area contributed by atoms with Gasteiger partial charge in [0, 0.05) is 16.2 Å². The number of hydrogen-bond donors (Lipinski definition) is 1. The highest BCUT2D eigenvalue weighted by atomic mass is 79.9. The molecule has 0 spiro atoms. The minimum Gasteiger partial charge on any atom is -0.477 e. The smallest absolute Gasteiger partial charge is 0.354 e.